The molecule has 0 spiro atoms. The third kappa shape index (κ3) is 1.95. The van der Waals surface area contributed by atoms with Crippen molar-refractivity contribution in [1.29, 1.82) is 0 Å². The molecule has 0 unspecified atom stereocenters. The van der Waals surface area contributed by atoms with Gasteiger partial charge in [0.15, 0.2) is 5.82 Å². The zero-order chi connectivity index (χ0) is 12.5. The number of aromatic amines is 1. The first-order valence-electron chi connectivity index (χ1n) is 5.49. The smallest absolute Gasteiger partial charge is 0.228 e. The van der Waals surface area contributed by atoms with Crippen LogP contribution in [0.1, 0.15) is 16.2 Å². The van der Waals surface area contributed by atoms with Crippen LogP contribution in [0.2, 0.25) is 0 Å². The van der Waals surface area contributed by atoms with Gasteiger partial charge >= 0.3 is 0 Å². The van der Waals surface area contributed by atoms with E-state index in [1.54, 1.807) is 12.1 Å². The second-order valence-corrected chi connectivity index (χ2v) is 4.85. The molecule has 88 valence electrons. The number of ketones is 1. The van der Waals surface area contributed by atoms with E-state index in [9.17, 15) is 4.79 Å². The molecule has 18 heavy (non-hydrogen) atoms. The molecule has 0 aliphatic rings. The molecule has 0 radical (unpaired) electrons. The standard InChI is InChI=1S/C14H9BrN2O/c15-10-7-5-9(6-8-10)13(18)14-16-11-3-1-2-4-12(11)17-14/h1-8H,(H,16,17). The van der Waals surface area contributed by atoms with Crippen LogP contribution in [0.3, 0.4) is 0 Å². The Bertz CT molecular complexity index is 683. The van der Waals surface area contributed by atoms with E-state index in [2.05, 4.69) is 25.9 Å². The van der Waals surface area contributed by atoms with E-state index in [-0.39, 0.29) is 5.78 Å². The fourth-order valence-electron chi connectivity index (χ4n) is 1.80. The Morgan fingerprint density at radius 1 is 1.06 bits per heavy atom. The summed E-state index contributed by atoms with van der Waals surface area (Å²) < 4.78 is 0.948. The maximum absolute atomic E-state index is 12.2. The summed E-state index contributed by atoms with van der Waals surface area (Å²) in [5.41, 5.74) is 2.30. The molecule has 3 aromatic rings. The number of hydrogen-bond donors (Lipinski definition) is 1. The van der Waals surface area contributed by atoms with Crippen molar-refractivity contribution in [2.24, 2.45) is 0 Å². The molecule has 0 fully saturated rings. The number of carbonyl (C=O) groups is 1. The number of aromatic nitrogens is 2. The highest BCUT2D eigenvalue weighted by atomic mass is 79.9. The van der Waals surface area contributed by atoms with Gasteiger partial charge < -0.3 is 4.98 Å². The number of rotatable bonds is 2. The summed E-state index contributed by atoms with van der Waals surface area (Å²) in [5, 5.41) is 0. The minimum absolute atomic E-state index is 0.0984. The zero-order valence-corrected chi connectivity index (χ0v) is 10.9. The van der Waals surface area contributed by atoms with Gasteiger partial charge in [-0.2, -0.15) is 0 Å². The molecule has 0 saturated heterocycles. The Kier molecular flexibility index (Phi) is 2.72. The van der Waals surface area contributed by atoms with Crippen molar-refractivity contribution in [2.75, 3.05) is 0 Å². The van der Waals surface area contributed by atoms with Gasteiger partial charge in [-0.1, -0.05) is 28.1 Å². The van der Waals surface area contributed by atoms with Gasteiger partial charge in [0.05, 0.1) is 11.0 Å². The van der Waals surface area contributed by atoms with Crippen LogP contribution in [-0.4, -0.2) is 15.8 Å². The number of benzene rings is 2. The number of hydrogen-bond acceptors (Lipinski definition) is 2. The molecule has 0 aliphatic carbocycles. The number of carbonyl (C=O) groups excluding carboxylic acids is 1. The second-order valence-electron chi connectivity index (χ2n) is 3.94. The van der Waals surface area contributed by atoms with E-state index >= 15 is 0 Å². The quantitative estimate of drug-likeness (QED) is 0.736. The molecule has 0 saturated carbocycles. The highest BCUT2D eigenvalue weighted by Gasteiger charge is 2.13. The molecule has 0 bridgehead atoms. The van der Waals surface area contributed by atoms with E-state index in [1.807, 2.05) is 36.4 Å². The molecule has 0 atom stereocenters. The van der Waals surface area contributed by atoms with Crippen LogP contribution >= 0.6 is 15.9 Å². The molecule has 1 aromatic heterocycles. The summed E-state index contributed by atoms with van der Waals surface area (Å²) in [6, 6.07) is 14.8. The van der Waals surface area contributed by atoms with Crippen molar-refractivity contribution < 1.29 is 4.79 Å². The molecular weight excluding hydrogens is 292 g/mol. The number of para-hydroxylation sites is 2. The van der Waals surface area contributed by atoms with Crippen molar-refractivity contribution in [3.63, 3.8) is 0 Å². The van der Waals surface area contributed by atoms with Crippen molar-refractivity contribution in [3.05, 3.63) is 64.4 Å². The SMILES string of the molecule is O=C(c1ccc(Br)cc1)c1nc2ccccc2[nH]1. The maximum atomic E-state index is 12.2. The Morgan fingerprint density at radius 3 is 2.50 bits per heavy atom. The van der Waals surface area contributed by atoms with E-state index in [0.29, 0.717) is 11.4 Å². The number of nitrogens with zero attached hydrogens (tertiary/aromatic N) is 1. The lowest BCUT2D eigenvalue weighted by Gasteiger charge is -1.97. The van der Waals surface area contributed by atoms with Crippen molar-refractivity contribution in [1.82, 2.24) is 9.97 Å². The van der Waals surface area contributed by atoms with Crippen molar-refractivity contribution in [2.45, 2.75) is 0 Å². The lowest BCUT2D eigenvalue weighted by Crippen LogP contribution is -2.03. The van der Waals surface area contributed by atoms with Gasteiger partial charge in [0, 0.05) is 10.0 Å². The molecule has 0 aliphatic heterocycles. The Morgan fingerprint density at radius 2 is 1.78 bits per heavy atom. The van der Waals surface area contributed by atoms with Crippen LogP contribution in [0.5, 0.6) is 0 Å². The third-order valence-corrected chi connectivity index (χ3v) is 3.24. The maximum Gasteiger partial charge on any atom is 0.228 e. The normalized spacial score (nSPS) is 10.7. The summed E-state index contributed by atoms with van der Waals surface area (Å²) in [6.45, 7) is 0. The van der Waals surface area contributed by atoms with E-state index in [4.69, 9.17) is 0 Å². The molecule has 1 N–H and O–H groups in total. The van der Waals surface area contributed by atoms with Gasteiger partial charge in [0.25, 0.3) is 0 Å². The molecular formula is C14H9BrN2O. The van der Waals surface area contributed by atoms with Gasteiger partial charge in [-0.25, -0.2) is 4.98 Å². The number of nitrogens with one attached hydrogen (secondary N) is 1. The first kappa shape index (κ1) is 11.2. The fraction of sp³-hybridized carbons (Fsp3) is 0. The first-order valence-corrected chi connectivity index (χ1v) is 6.28. The number of H-pyrrole nitrogens is 1. The van der Waals surface area contributed by atoms with Crippen molar-refractivity contribution in [3.8, 4) is 0 Å². The van der Waals surface area contributed by atoms with Gasteiger partial charge in [-0.3, -0.25) is 4.79 Å². The summed E-state index contributed by atoms with van der Waals surface area (Å²) in [6.07, 6.45) is 0. The third-order valence-electron chi connectivity index (χ3n) is 2.71. The van der Waals surface area contributed by atoms with E-state index < -0.39 is 0 Å². The number of halogens is 1. The average Bonchev–Trinajstić information content (AvgIpc) is 2.82. The second kappa shape index (κ2) is 4.38. The van der Waals surface area contributed by atoms with E-state index in [0.717, 1.165) is 15.5 Å². The summed E-state index contributed by atoms with van der Waals surface area (Å²) in [5.74, 6) is 0.275. The molecule has 1 heterocycles. The summed E-state index contributed by atoms with van der Waals surface area (Å²) in [7, 11) is 0. The van der Waals surface area contributed by atoms with Crippen LogP contribution < -0.4 is 0 Å². The average molecular weight is 301 g/mol. The largest absolute Gasteiger partial charge is 0.335 e. The predicted molar refractivity (Wildman–Crippen MR) is 73.7 cm³/mol. The Hall–Kier alpha value is -1.94. The van der Waals surface area contributed by atoms with E-state index in [1.165, 1.54) is 0 Å². The highest BCUT2D eigenvalue weighted by Crippen LogP contribution is 2.15. The lowest BCUT2D eigenvalue weighted by molar-refractivity contribution is 0.103. The van der Waals surface area contributed by atoms with Gasteiger partial charge in [0.1, 0.15) is 0 Å². The molecule has 3 rings (SSSR count). The Labute approximate surface area is 112 Å². The number of imidazole rings is 1. The van der Waals surface area contributed by atoms with Crippen molar-refractivity contribution >= 4 is 32.7 Å². The van der Waals surface area contributed by atoms with Crippen LogP contribution in [0.25, 0.3) is 11.0 Å². The molecule has 3 nitrogen and oxygen atoms in total. The highest BCUT2D eigenvalue weighted by molar-refractivity contribution is 9.10. The van der Waals surface area contributed by atoms with Crippen LogP contribution in [0.15, 0.2) is 53.0 Å². The lowest BCUT2D eigenvalue weighted by atomic mass is 10.1. The van der Waals surface area contributed by atoms with Gasteiger partial charge in [0.2, 0.25) is 5.78 Å². The molecule has 4 heteroatoms. The Balaban J connectivity index is 2.03. The monoisotopic (exact) mass is 300 g/mol. The predicted octanol–water partition coefficient (Wildman–Crippen LogP) is 3.56. The number of fused-ring (bicyclic) bond motifs is 1. The van der Waals surface area contributed by atoms with Gasteiger partial charge in [-0.15, -0.1) is 0 Å². The minimum Gasteiger partial charge on any atom is -0.335 e. The van der Waals surface area contributed by atoms with Crippen LogP contribution in [-0.2, 0) is 0 Å². The topological polar surface area (TPSA) is 45.8 Å². The van der Waals surface area contributed by atoms with Crippen LogP contribution in [0, 0.1) is 0 Å². The van der Waals surface area contributed by atoms with Crippen LogP contribution in [0.4, 0.5) is 0 Å². The zero-order valence-electron chi connectivity index (χ0n) is 9.35. The van der Waals surface area contributed by atoms with Gasteiger partial charge in [-0.05, 0) is 36.4 Å². The first-order chi connectivity index (χ1) is 8.74. The fourth-order valence-corrected chi connectivity index (χ4v) is 2.06. The summed E-state index contributed by atoms with van der Waals surface area (Å²) in [4.78, 5) is 19.5. The minimum atomic E-state index is -0.0984. The summed E-state index contributed by atoms with van der Waals surface area (Å²) >= 11 is 3.34. The molecule has 2 aromatic carbocycles. The molecule has 0 amide bonds.